The lowest BCUT2D eigenvalue weighted by Gasteiger charge is -2.37. The molecule has 1 rings (SSSR count). The Bertz CT molecular complexity index is 370. The summed E-state index contributed by atoms with van der Waals surface area (Å²) in [4.78, 5) is 11.8. The molecule has 0 radical (unpaired) electrons. The quantitative estimate of drug-likeness (QED) is 0.663. The van der Waals surface area contributed by atoms with Gasteiger partial charge < -0.3 is 19.5 Å². The van der Waals surface area contributed by atoms with Gasteiger partial charge >= 0.3 is 6.09 Å². The van der Waals surface area contributed by atoms with Gasteiger partial charge in [-0.15, -0.1) is 0 Å². The van der Waals surface area contributed by atoms with Gasteiger partial charge in [-0.1, -0.05) is 15.9 Å². The Balaban J connectivity index is 2.48. The van der Waals surface area contributed by atoms with E-state index in [4.69, 9.17) is 14.2 Å². The molecule has 0 bridgehead atoms. The largest absolute Gasteiger partial charge is 0.444 e. The number of hydrogen-bond acceptors (Lipinski definition) is 4. The molecule has 136 valence electrons. The number of alkyl halides is 1. The molecule has 0 saturated heterocycles. The topological polar surface area (TPSA) is 56.8 Å². The average molecular weight is 394 g/mol. The highest BCUT2D eigenvalue weighted by Crippen LogP contribution is 2.28. The van der Waals surface area contributed by atoms with Crippen LogP contribution in [0.4, 0.5) is 4.79 Å². The molecule has 0 aromatic heterocycles. The second-order valence-corrected chi connectivity index (χ2v) is 7.98. The molecule has 5 nitrogen and oxygen atoms in total. The van der Waals surface area contributed by atoms with Crippen molar-refractivity contribution >= 4 is 22.0 Å². The Hall–Kier alpha value is -0.330. The molecule has 0 spiro atoms. The minimum absolute atomic E-state index is 0.170. The van der Waals surface area contributed by atoms with Crippen LogP contribution < -0.4 is 5.32 Å². The fraction of sp³-hybridized carbons (Fsp3) is 0.941. The molecule has 3 unspecified atom stereocenters. The normalized spacial score (nSPS) is 24.8. The number of alkyl carbamates (subject to hydrolysis) is 1. The second kappa shape index (κ2) is 9.23. The Morgan fingerprint density at radius 3 is 2.43 bits per heavy atom. The molecule has 23 heavy (non-hydrogen) atoms. The van der Waals surface area contributed by atoms with Gasteiger partial charge in [0, 0.05) is 11.9 Å². The summed E-state index contributed by atoms with van der Waals surface area (Å²) >= 11 is 3.51. The first-order valence-electron chi connectivity index (χ1n) is 8.49. The molecule has 1 aliphatic carbocycles. The van der Waals surface area contributed by atoms with E-state index in [0.717, 1.165) is 32.3 Å². The Morgan fingerprint density at radius 1 is 1.22 bits per heavy atom. The van der Waals surface area contributed by atoms with E-state index in [1.54, 1.807) is 0 Å². The maximum Gasteiger partial charge on any atom is 0.407 e. The highest BCUT2D eigenvalue weighted by molar-refractivity contribution is 9.09. The predicted molar refractivity (Wildman–Crippen MR) is 95.2 cm³/mol. The Labute approximate surface area is 148 Å². The minimum atomic E-state index is -0.496. The number of halogens is 1. The van der Waals surface area contributed by atoms with Crippen LogP contribution in [-0.4, -0.2) is 48.0 Å². The van der Waals surface area contributed by atoms with Crippen LogP contribution in [-0.2, 0) is 14.2 Å². The summed E-state index contributed by atoms with van der Waals surface area (Å²) in [5.74, 6) is 0. The van der Waals surface area contributed by atoms with Gasteiger partial charge in [0.2, 0.25) is 0 Å². The van der Waals surface area contributed by atoms with Crippen molar-refractivity contribution in [2.45, 2.75) is 83.7 Å². The molecule has 6 heteroatoms. The number of rotatable bonds is 7. The molecule has 1 fully saturated rings. The fourth-order valence-corrected chi connectivity index (χ4v) is 3.02. The number of hydrogen-bond donors (Lipinski definition) is 1. The van der Waals surface area contributed by atoms with Crippen LogP contribution in [0.25, 0.3) is 0 Å². The first kappa shape index (κ1) is 20.7. The first-order chi connectivity index (χ1) is 10.7. The van der Waals surface area contributed by atoms with E-state index in [9.17, 15) is 4.79 Å². The molecule has 0 heterocycles. The van der Waals surface area contributed by atoms with Crippen molar-refractivity contribution in [1.29, 1.82) is 0 Å². The number of amides is 1. The summed E-state index contributed by atoms with van der Waals surface area (Å²) in [6.45, 7) is 10.7. The third-order valence-corrected chi connectivity index (χ3v) is 4.91. The first-order valence-corrected chi connectivity index (χ1v) is 9.62. The maximum absolute atomic E-state index is 11.8. The Morgan fingerprint density at radius 2 is 1.87 bits per heavy atom. The van der Waals surface area contributed by atoms with Gasteiger partial charge in [-0.3, -0.25) is 0 Å². The van der Waals surface area contributed by atoms with Crippen molar-refractivity contribution in [2.24, 2.45) is 0 Å². The molecule has 1 amide bonds. The average Bonchev–Trinajstić information content (AvgIpc) is 2.44. The zero-order valence-electron chi connectivity index (χ0n) is 15.1. The van der Waals surface area contributed by atoms with Crippen LogP contribution in [0.5, 0.6) is 0 Å². The van der Waals surface area contributed by atoms with Crippen LogP contribution in [0, 0.1) is 0 Å². The van der Waals surface area contributed by atoms with E-state index in [-0.39, 0.29) is 12.2 Å². The van der Waals surface area contributed by atoms with Gasteiger partial charge in [-0.2, -0.15) is 0 Å². The maximum atomic E-state index is 11.8. The van der Waals surface area contributed by atoms with Crippen LogP contribution in [0.1, 0.15) is 60.3 Å². The minimum Gasteiger partial charge on any atom is -0.444 e. The van der Waals surface area contributed by atoms with Gasteiger partial charge in [0.15, 0.2) is 0 Å². The van der Waals surface area contributed by atoms with Crippen molar-refractivity contribution in [1.82, 2.24) is 5.32 Å². The van der Waals surface area contributed by atoms with Gasteiger partial charge in [-0.25, -0.2) is 4.79 Å². The van der Waals surface area contributed by atoms with E-state index in [0.29, 0.717) is 11.9 Å². The standard InChI is InChI=1S/C17H32BrNO4/c1-6-21-13-8-7-9-14(10-13)22-17(5,11-18)12-19-15(20)23-16(2,3)4/h13-14H,6-12H2,1-5H3,(H,19,20). The molecular formula is C17H32BrNO4. The number of ether oxygens (including phenoxy) is 3. The van der Waals surface area contributed by atoms with Crippen LogP contribution in [0.2, 0.25) is 0 Å². The third kappa shape index (κ3) is 8.36. The number of nitrogens with one attached hydrogen (secondary N) is 1. The van der Waals surface area contributed by atoms with E-state index >= 15 is 0 Å². The highest BCUT2D eigenvalue weighted by atomic mass is 79.9. The van der Waals surface area contributed by atoms with E-state index in [2.05, 4.69) is 21.2 Å². The predicted octanol–water partition coefficient (Wildman–Crippen LogP) is 4.03. The third-order valence-electron chi connectivity index (χ3n) is 3.72. The summed E-state index contributed by atoms with van der Waals surface area (Å²) in [5, 5.41) is 3.45. The van der Waals surface area contributed by atoms with Crippen LogP contribution >= 0.6 is 15.9 Å². The van der Waals surface area contributed by atoms with Crippen molar-refractivity contribution in [3.05, 3.63) is 0 Å². The molecular weight excluding hydrogens is 362 g/mol. The van der Waals surface area contributed by atoms with Gasteiger partial charge in [-0.05, 0) is 60.3 Å². The van der Waals surface area contributed by atoms with Crippen molar-refractivity contribution in [2.75, 3.05) is 18.5 Å². The molecule has 1 N–H and O–H groups in total. The number of carbonyl (C=O) groups excluding carboxylic acids is 1. The number of carbonyl (C=O) groups is 1. The smallest absolute Gasteiger partial charge is 0.407 e. The zero-order chi connectivity index (χ0) is 17.5. The van der Waals surface area contributed by atoms with E-state index in [1.165, 1.54) is 0 Å². The summed E-state index contributed by atoms with van der Waals surface area (Å²) in [5.41, 5.74) is -0.959. The molecule has 1 saturated carbocycles. The van der Waals surface area contributed by atoms with Gasteiger partial charge in [0.1, 0.15) is 5.60 Å². The van der Waals surface area contributed by atoms with Gasteiger partial charge in [0.05, 0.1) is 24.4 Å². The van der Waals surface area contributed by atoms with Crippen LogP contribution in [0.3, 0.4) is 0 Å². The molecule has 0 aliphatic heterocycles. The van der Waals surface area contributed by atoms with Crippen molar-refractivity contribution in [3.8, 4) is 0 Å². The lowest BCUT2D eigenvalue weighted by molar-refractivity contribution is -0.106. The lowest BCUT2D eigenvalue weighted by atomic mass is 9.94. The van der Waals surface area contributed by atoms with E-state index in [1.807, 2.05) is 34.6 Å². The summed E-state index contributed by atoms with van der Waals surface area (Å²) in [7, 11) is 0. The molecule has 3 atom stereocenters. The summed E-state index contributed by atoms with van der Waals surface area (Å²) < 4.78 is 17.3. The molecule has 0 aromatic rings. The summed E-state index contributed by atoms with van der Waals surface area (Å²) in [6.07, 6.45) is 4.23. The van der Waals surface area contributed by atoms with Crippen molar-refractivity contribution in [3.63, 3.8) is 0 Å². The fourth-order valence-electron chi connectivity index (χ4n) is 2.69. The highest BCUT2D eigenvalue weighted by Gasteiger charge is 2.32. The van der Waals surface area contributed by atoms with E-state index < -0.39 is 17.3 Å². The summed E-state index contributed by atoms with van der Waals surface area (Å²) in [6, 6.07) is 0. The monoisotopic (exact) mass is 393 g/mol. The molecule has 1 aliphatic rings. The van der Waals surface area contributed by atoms with Crippen molar-refractivity contribution < 1.29 is 19.0 Å². The second-order valence-electron chi connectivity index (χ2n) is 7.42. The Kier molecular flexibility index (Phi) is 8.31. The lowest BCUT2D eigenvalue weighted by Crippen LogP contribution is -2.48. The zero-order valence-corrected chi connectivity index (χ0v) is 16.7. The molecule has 0 aromatic carbocycles. The SMILES string of the molecule is CCOC1CCCC(OC(C)(CBr)CNC(=O)OC(C)(C)C)C1. The van der Waals surface area contributed by atoms with Gasteiger partial charge in [0.25, 0.3) is 0 Å². The van der Waals surface area contributed by atoms with Crippen LogP contribution in [0.15, 0.2) is 0 Å².